The summed E-state index contributed by atoms with van der Waals surface area (Å²) in [5.41, 5.74) is 1.64. The SMILES string of the molecule is O=C(NCC1CNCC1O)c1oc2ccccc2c1CSc1cccs1. The van der Waals surface area contributed by atoms with E-state index >= 15 is 0 Å². The number of para-hydroxylation sites is 1. The summed E-state index contributed by atoms with van der Waals surface area (Å²) in [6, 6.07) is 11.8. The van der Waals surface area contributed by atoms with Crippen molar-refractivity contribution < 1.29 is 14.3 Å². The molecular weight excluding hydrogens is 368 g/mol. The quantitative estimate of drug-likeness (QED) is 0.566. The Balaban J connectivity index is 1.54. The Morgan fingerprint density at radius 2 is 2.19 bits per heavy atom. The second kappa shape index (κ2) is 7.84. The Labute approximate surface area is 159 Å². The van der Waals surface area contributed by atoms with Gasteiger partial charge in [-0.05, 0) is 17.5 Å². The van der Waals surface area contributed by atoms with Crippen LogP contribution in [0.1, 0.15) is 16.1 Å². The Kier molecular flexibility index (Phi) is 5.31. The van der Waals surface area contributed by atoms with Crippen LogP contribution in [0.4, 0.5) is 0 Å². The number of aliphatic hydroxyl groups is 1. The third-order valence-electron chi connectivity index (χ3n) is 4.59. The molecule has 2 atom stereocenters. The second-order valence-electron chi connectivity index (χ2n) is 6.32. The van der Waals surface area contributed by atoms with E-state index in [1.54, 1.807) is 23.1 Å². The van der Waals surface area contributed by atoms with Gasteiger partial charge in [0.25, 0.3) is 5.91 Å². The van der Waals surface area contributed by atoms with Gasteiger partial charge in [-0.15, -0.1) is 23.1 Å². The largest absolute Gasteiger partial charge is 0.451 e. The summed E-state index contributed by atoms with van der Waals surface area (Å²) in [6.07, 6.45) is -0.417. The second-order valence-corrected chi connectivity index (χ2v) is 8.55. The van der Waals surface area contributed by atoms with Crippen LogP contribution in [-0.4, -0.2) is 36.8 Å². The van der Waals surface area contributed by atoms with Crippen molar-refractivity contribution in [2.75, 3.05) is 19.6 Å². The van der Waals surface area contributed by atoms with Crippen molar-refractivity contribution in [1.82, 2.24) is 10.6 Å². The van der Waals surface area contributed by atoms with Gasteiger partial charge in [-0.25, -0.2) is 0 Å². The molecule has 0 bridgehead atoms. The predicted octanol–water partition coefficient (Wildman–Crippen LogP) is 3.10. The van der Waals surface area contributed by atoms with E-state index in [0.717, 1.165) is 16.5 Å². The van der Waals surface area contributed by atoms with Crippen molar-refractivity contribution in [2.24, 2.45) is 5.92 Å². The number of benzene rings is 1. The number of thiophene rings is 1. The van der Waals surface area contributed by atoms with E-state index in [0.29, 0.717) is 31.1 Å². The lowest BCUT2D eigenvalue weighted by Gasteiger charge is -2.13. The van der Waals surface area contributed by atoms with Gasteiger partial charge in [-0.3, -0.25) is 4.79 Å². The minimum absolute atomic E-state index is 0.0345. The molecule has 1 fully saturated rings. The van der Waals surface area contributed by atoms with Crippen LogP contribution in [0.3, 0.4) is 0 Å². The van der Waals surface area contributed by atoms with E-state index in [4.69, 9.17) is 4.42 Å². The number of carbonyl (C=O) groups excluding carboxylic acids is 1. The maximum Gasteiger partial charge on any atom is 0.287 e. The predicted molar refractivity (Wildman–Crippen MR) is 105 cm³/mol. The van der Waals surface area contributed by atoms with Gasteiger partial charge < -0.3 is 20.2 Å². The van der Waals surface area contributed by atoms with Crippen molar-refractivity contribution >= 4 is 40.0 Å². The fourth-order valence-electron chi connectivity index (χ4n) is 3.15. The standard InChI is InChI=1S/C19H20N2O3S2/c22-15-10-20-8-12(15)9-21-19(23)18-14(11-26-17-6-3-7-25-17)13-4-1-2-5-16(13)24-18/h1-7,12,15,20,22H,8-11H2,(H,21,23). The first-order chi connectivity index (χ1) is 12.7. The average molecular weight is 389 g/mol. The first kappa shape index (κ1) is 17.6. The maximum absolute atomic E-state index is 12.7. The van der Waals surface area contributed by atoms with E-state index in [1.807, 2.05) is 35.7 Å². The zero-order chi connectivity index (χ0) is 17.9. The molecule has 1 aliphatic heterocycles. The lowest BCUT2D eigenvalue weighted by Crippen LogP contribution is -2.34. The zero-order valence-corrected chi connectivity index (χ0v) is 15.7. The van der Waals surface area contributed by atoms with Gasteiger partial charge in [-0.1, -0.05) is 24.3 Å². The molecule has 1 aliphatic rings. The number of rotatable bonds is 6. The van der Waals surface area contributed by atoms with Crippen LogP contribution < -0.4 is 10.6 Å². The molecule has 0 spiro atoms. The third kappa shape index (κ3) is 3.66. The Morgan fingerprint density at radius 3 is 2.96 bits per heavy atom. The highest BCUT2D eigenvalue weighted by Gasteiger charge is 2.27. The van der Waals surface area contributed by atoms with E-state index in [2.05, 4.69) is 16.7 Å². The number of hydrogen-bond acceptors (Lipinski definition) is 6. The highest BCUT2D eigenvalue weighted by atomic mass is 32.2. The first-order valence-corrected chi connectivity index (χ1v) is 10.4. The molecule has 0 aliphatic carbocycles. The number of amides is 1. The molecule has 4 rings (SSSR count). The molecule has 3 N–H and O–H groups in total. The van der Waals surface area contributed by atoms with Gasteiger partial charge in [0.1, 0.15) is 5.58 Å². The number of nitrogens with one attached hydrogen (secondary N) is 2. The van der Waals surface area contributed by atoms with Crippen molar-refractivity contribution in [3.05, 3.63) is 53.1 Å². The smallest absolute Gasteiger partial charge is 0.287 e. The van der Waals surface area contributed by atoms with E-state index in [9.17, 15) is 9.90 Å². The van der Waals surface area contributed by atoms with Crippen LogP contribution in [0, 0.1) is 5.92 Å². The van der Waals surface area contributed by atoms with Crippen LogP contribution in [0.5, 0.6) is 0 Å². The zero-order valence-electron chi connectivity index (χ0n) is 14.1. The highest BCUT2D eigenvalue weighted by Crippen LogP contribution is 2.33. The molecule has 2 unspecified atom stereocenters. The molecule has 2 aromatic heterocycles. The van der Waals surface area contributed by atoms with Gasteiger partial charge in [0.15, 0.2) is 5.76 Å². The molecule has 3 aromatic rings. The van der Waals surface area contributed by atoms with Crippen LogP contribution in [0.2, 0.25) is 0 Å². The lowest BCUT2D eigenvalue weighted by atomic mass is 10.1. The third-order valence-corrected chi connectivity index (χ3v) is 6.74. The number of aliphatic hydroxyl groups excluding tert-OH is 1. The lowest BCUT2D eigenvalue weighted by molar-refractivity contribution is 0.0901. The van der Waals surface area contributed by atoms with E-state index in [-0.39, 0.29) is 11.8 Å². The van der Waals surface area contributed by atoms with Crippen molar-refractivity contribution in [3.63, 3.8) is 0 Å². The summed E-state index contributed by atoms with van der Waals surface area (Å²) in [6.45, 7) is 1.72. The van der Waals surface area contributed by atoms with Gasteiger partial charge in [0, 0.05) is 42.3 Å². The Bertz CT molecular complexity index is 891. The van der Waals surface area contributed by atoms with Crippen LogP contribution in [0.25, 0.3) is 11.0 Å². The van der Waals surface area contributed by atoms with Crippen LogP contribution >= 0.6 is 23.1 Å². The molecule has 7 heteroatoms. The summed E-state index contributed by atoms with van der Waals surface area (Å²) >= 11 is 3.39. The Morgan fingerprint density at radius 1 is 1.31 bits per heavy atom. The summed E-state index contributed by atoms with van der Waals surface area (Å²) in [5, 5.41) is 19.0. The minimum atomic E-state index is -0.417. The highest BCUT2D eigenvalue weighted by molar-refractivity contribution is 8.00. The number of furan rings is 1. The monoisotopic (exact) mass is 388 g/mol. The van der Waals surface area contributed by atoms with Gasteiger partial charge in [0.05, 0.1) is 10.3 Å². The Hall–Kier alpha value is -1.80. The number of thioether (sulfide) groups is 1. The first-order valence-electron chi connectivity index (χ1n) is 8.56. The summed E-state index contributed by atoms with van der Waals surface area (Å²) in [5.74, 6) is 0.860. The number of carbonyl (C=O) groups is 1. The molecule has 0 saturated carbocycles. The molecule has 5 nitrogen and oxygen atoms in total. The van der Waals surface area contributed by atoms with E-state index in [1.165, 1.54) is 4.21 Å². The summed E-state index contributed by atoms with van der Waals surface area (Å²) < 4.78 is 7.08. The van der Waals surface area contributed by atoms with Gasteiger partial charge in [0.2, 0.25) is 0 Å². The topological polar surface area (TPSA) is 74.5 Å². The molecule has 0 radical (unpaired) electrons. The molecule has 136 valence electrons. The molecular formula is C19H20N2O3S2. The minimum Gasteiger partial charge on any atom is -0.451 e. The summed E-state index contributed by atoms with van der Waals surface area (Å²) in [7, 11) is 0. The fraction of sp³-hybridized carbons (Fsp3) is 0.316. The molecule has 3 heterocycles. The fourth-order valence-corrected chi connectivity index (χ4v) is 4.96. The van der Waals surface area contributed by atoms with Crippen molar-refractivity contribution in [2.45, 2.75) is 16.1 Å². The molecule has 1 saturated heterocycles. The molecule has 1 aromatic carbocycles. The van der Waals surface area contributed by atoms with E-state index < -0.39 is 6.10 Å². The van der Waals surface area contributed by atoms with Crippen LogP contribution in [0.15, 0.2) is 50.4 Å². The van der Waals surface area contributed by atoms with Gasteiger partial charge >= 0.3 is 0 Å². The van der Waals surface area contributed by atoms with Crippen molar-refractivity contribution in [1.29, 1.82) is 0 Å². The van der Waals surface area contributed by atoms with Crippen molar-refractivity contribution in [3.8, 4) is 0 Å². The molecule has 1 amide bonds. The summed E-state index contributed by atoms with van der Waals surface area (Å²) in [4.78, 5) is 12.7. The number of β-amino-alcohol motifs (C(OH)–C–C–N with tert-alkyl or cyclic N) is 1. The normalized spacial score (nSPS) is 19.9. The number of hydrogen-bond donors (Lipinski definition) is 3. The van der Waals surface area contributed by atoms with Crippen LogP contribution in [-0.2, 0) is 5.75 Å². The molecule has 26 heavy (non-hydrogen) atoms. The number of fused-ring (bicyclic) bond motifs is 1. The average Bonchev–Trinajstić information content (AvgIpc) is 3.38. The van der Waals surface area contributed by atoms with Gasteiger partial charge in [-0.2, -0.15) is 0 Å². The maximum atomic E-state index is 12.7.